The highest BCUT2D eigenvalue weighted by Crippen LogP contribution is 2.26. The van der Waals surface area contributed by atoms with Crippen LogP contribution in [0.3, 0.4) is 0 Å². The van der Waals surface area contributed by atoms with Crippen molar-refractivity contribution < 1.29 is 13.5 Å². The first-order valence-corrected chi connectivity index (χ1v) is 8.04. The molecule has 0 aliphatic rings. The van der Waals surface area contributed by atoms with Crippen molar-refractivity contribution in [3.05, 3.63) is 53.1 Å². The molecule has 21 heavy (non-hydrogen) atoms. The molecule has 0 atom stereocenters. The second-order valence-corrected chi connectivity index (χ2v) is 6.62. The van der Waals surface area contributed by atoms with Gasteiger partial charge >= 0.3 is 0 Å². The summed E-state index contributed by atoms with van der Waals surface area (Å²) in [6.07, 6.45) is 0. The summed E-state index contributed by atoms with van der Waals surface area (Å²) in [4.78, 5) is 0.191. The van der Waals surface area contributed by atoms with Crippen LogP contribution in [0.1, 0.15) is 5.56 Å². The molecule has 0 bridgehead atoms. The number of anilines is 1. The van der Waals surface area contributed by atoms with Crippen LogP contribution in [0.25, 0.3) is 0 Å². The maximum absolute atomic E-state index is 11.6. The minimum absolute atomic E-state index is 0.115. The van der Waals surface area contributed by atoms with Crippen molar-refractivity contribution in [3.63, 3.8) is 0 Å². The van der Waals surface area contributed by atoms with Gasteiger partial charge in [-0.25, -0.2) is 13.1 Å². The molecule has 2 aromatic rings. The molecule has 2 aromatic carbocycles. The lowest BCUT2D eigenvalue weighted by molar-refractivity contribution is 0.469. The molecule has 0 spiro atoms. The van der Waals surface area contributed by atoms with E-state index in [0.29, 0.717) is 17.1 Å². The molecule has 112 valence electrons. The number of rotatable bonds is 5. The maximum atomic E-state index is 11.6. The first kappa shape index (κ1) is 15.6. The Morgan fingerprint density at radius 3 is 2.38 bits per heavy atom. The molecule has 0 aromatic heterocycles. The monoisotopic (exact) mass is 326 g/mol. The van der Waals surface area contributed by atoms with Crippen molar-refractivity contribution in [2.24, 2.45) is 0 Å². The van der Waals surface area contributed by atoms with E-state index < -0.39 is 10.0 Å². The third-order valence-corrected chi connectivity index (χ3v) is 4.78. The number of hydrogen-bond acceptors (Lipinski definition) is 4. The summed E-state index contributed by atoms with van der Waals surface area (Å²) in [7, 11) is -2.07. The number of aromatic hydroxyl groups is 1. The van der Waals surface area contributed by atoms with Crippen LogP contribution in [0.15, 0.2) is 47.4 Å². The van der Waals surface area contributed by atoms with Gasteiger partial charge in [0, 0.05) is 22.8 Å². The fraction of sp³-hybridized carbons (Fsp3) is 0.143. The highest BCUT2D eigenvalue weighted by atomic mass is 35.5. The van der Waals surface area contributed by atoms with E-state index in [9.17, 15) is 13.5 Å². The lowest BCUT2D eigenvalue weighted by atomic mass is 10.2. The average molecular weight is 327 g/mol. The fourth-order valence-electron chi connectivity index (χ4n) is 1.78. The van der Waals surface area contributed by atoms with Gasteiger partial charge in [0.25, 0.3) is 0 Å². The molecule has 0 unspecified atom stereocenters. The Morgan fingerprint density at radius 1 is 1.14 bits per heavy atom. The van der Waals surface area contributed by atoms with Crippen LogP contribution in [0, 0.1) is 0 Å². The molecule has 3 N–H and O–H groups in total. The van der Waals surface area contributed by atoms with Crippen LogP contribution in [0.4, 0.5) is 5.69 Å². The SMILES string of the molecule is CNS(=O)(=O)c1ccc(NCc2c(O)cccc2Cl)cc1. The molecular weight excluding hydrogens is 312 g/mol. The zero-order valence-corrected chi connectivity index (χ0v) is 12.9. The second kappa shape index (κ2) is 6.34. The number of sulfonamides is 1. The van der Waals surface area contributed by atoms with E-state index in [1.54, 1.807) is 30.3 Å². The Bertz CT molecular complexity index is 710. The first-order chi connectivity index (χ1) is 9.94. The van der Waals surface area contributed by atoms with Crippen LogP contribution in [-0.4, -0.2) is 20.6 Å². The van der Waals surface area contributed by atoms with Crippen molar-refractivity contribution in [3.8, 4) is 5.75 Å². The van der Waals surface area contributed by atoms with Gasteiger partial charge in [0.05, 0.1) is 4.90 Å². The van der Waals surface area contributed by atoms with Crippen LogP contribution >= 0.6 is 11.6 Å². The van der Waals surface area contributed by atoms with Gasteiger partial charge in [-0.3, -0.25) is 0 Å². The number of phenols is 1. The largest absolute Gasteiger partial charge is 0.508 e. The van der Waals surface area contributed by atoms with Gasteiger partial charge in [-0.05, 0) is 43.4 Å². The van der Waals surface area contributed by atoms with E-state index >= 15 is 0 Å². The molecule has 0 aliphatic heterocycles. The number of nitrogens with one attached hydrogen (secondary N) is 2. The predicted molar refractivity (Wildman–Crippen MR) is 83.1 cm³/mol. The summed E-state index contributed by atoms with van der Waals surface area (Å²) in [5.41, 5.74) is 1.32. The zero-order valence-electron chi connectivity index (χ0n) is 11.3. The molecule has 0 saturated carbocycles. The quantitative estimate of drug-likeness (QED) is 0.789. The van der Waals surface area contributed by atoms with E-state index in [0.717, 1.165) is 5.69 Å². The Hall–Kier alpha value is -1.76. The van der Waals surface area contributed by atoms with Gasteiger partial charge < -0.3 is 10.4 Å². The summed E-state index contributed by atoms with van der Waals surface area (Å²) in [5.74, 6) is 0.115. The second-order valence-electron chi connectivity index (χ2n) is 4.32. The normalized spacial score (nSPS) is 11.3. The van der Waals surface area contributed by atoms with E-state index in [2.05, 4.69) is 10.0 Å². The van der Waals surface area contributed by atoms with Crippen LogP contribution in [0.2, 0.25) is 5.02 Å². The van der Waals surface area contributed by atoms with Crippen molar-refractivity contribution in [1.29, 1.82) is 0 Å². The molecule has 7 heteroatoms. The van der Waals surface area contributed by atoms with Crippen molar-refractivity contribution >= 4 is 27.3 Å². The molecule has 0 radical (unpaired) electrons. The Kier molecular flexibility index (Phi) is 4.72. The van der Waals surface area contributed by atoms with Crippen molar-refractivity contribution in [2.75, 3.05) is 12.4 Å². The minimum atomic E-state index is -3.43. The fourth-order valence-corrected chi connectivity index (χ4v) is 2.75. The van der Waals surface area contributed by atoms with Crippen LogP contribution in [0.5, 0.6) is 5.75 Å². The van der Waals surface area contributed by atoms with E-state index in [1.165, 1.54) is 19.2 Å². The molecule has 0 fully saturated rings. The van der Waals surface area contributed by atoms with Gasteiger partial charge in [-0.15, -0.1) is 0 Å². The zero-order chi connectivity index (χ0) is 15.5. The van der Waals surface area contributed by atoms with Crippen LogP contribution in [-0.2, 0) is 16.6 Å². The number of phenolic OH excluding ortho intramolecular Hbond substituents is 1. The topological polar surface area (TPSA) is 78.4 Å². The number of benzene rings is 2. The molecule has 0 saturated heterocycles. The Morgan fingerprint density at radius 2 is 1.81 bits per heavy atom. The molecule has 0 amide bonds. The lowest BCUT2D eigenvalue weighted by Crippen LogP contribution is -2.18. The summed E-state index contributed by atoms with van der Waals surface area (Å²) >= 11 is 6.01. The summed E-state index contributed by atoms with van der Waals surface area (Å²) in [5, 5.41) is 13.3. The number of halogens is 1. The smallest absolute Gasteiger partial charge is 0.240 e. The minimum Gasteiger partial charge on any atom is -0.508 e. The Balaban J connectivity index is 2.12. The first-order valence-electron chi connectivity index (χ1n) is 6.18. The third-order valence-electron chi connectivity index (χ3n) is 3.00. The molecule has 2 rings (SSSR count). The highest BCUT2D eigenvalue weighted by molar-refractivity contribution is 7.89. The van der Waals surface area contributed by atoms with Crippen LogP contribution < -0.4 is 10.0 Å². The van der Waals surface area contributed by atoms with E-state index in [-0.39, 0.29) is 10.6 Å². The maximum Gasteiger partial charge on any atom is 0.240 e. The molecule has 0 aliphatic carbocycles. The molecular formula is C14H15ClN2O3S. The van der Waals surface area contributed by atoms with Crippen molar-refractivity contribution in [2.45, 2.75) is 11.4 Å². The van der Waals surface area contributed by atoms with Gasteiger partial charge in [-0.1, -0.05) is 17.7 Å². The average Bonchev–Trinajstić information content (AvgIpc) is 2.47. The predicted octanol–water partition coefficient (Wildman–Crippen LogP) is 2.57. The van der Waals surface area contributed by atoms with Gasteiger partial charge in [-0.2, -0.15) is 0 Å². The van der Waals surface area contributed by atoms with Gasteiger partial charge in [0.2, 0.25) is 10.0 Å². The van der Waals surface area contributed by atoms with Crippen molar-refractivity contribution in [1.82, 2.24) is 4.72 Å². The van der Waals surface area contributed by atoms with E-state index in [1.807, 2.05) is 0 Å². The van der Waals surface area contributed by atoms with Gasteiger partial charge in [0.1, 0.15) is 5.75 Å². The Labute approximate surface area is 128 Å². The standard InChI is InChI=1S/C14H15ClN2O3S/c1-16-21(19,20)11-7-5-10(6-8-11)17-9-12-13(15)3-2-4-14(12)18/h2-8,16-18H,9H2,1H3. The lowest BCUT2D eigenvalue weighted by Gasteiger charge is -2.10. The summed E-state index contributed by atoms with van der Waals surface area (Å²) in [6.45, 7) is 0.337. The summed E-state index contributed by atoms with van der Waals surface area (Å²) < 4.78 is 25.4. The molecule has 0 heterocycles. The third kappa shape index (κ3) is 3.66. The van der Waals surface area contributed by atoms with Gasteiger partial charge in [0.15, 0.2) is 0 Å². The summed E-state index contributed by atoms with van der Waals surface area (Å²) in [6, 6.07) is 11.2. The molecule has 5 nitrogen and oxygen atoms in total. The highest BCUT2D eigenvalue weighted by Gasteiger charge is 2.10. The number of hydrogen-bond donors (Lipinski definition) is 3. The van der Waals surface area contributed by atoms with E-state index in [4.69, 9.17) is 11.6 Å².